The SMILES string of the molecule is COC(=O)CC[C@H]1O[C@@H]1C=O. The maximum Gasteiger partial charge on any atom is 0.305 e. The van der Waals surface area contributed by atoms with Crippen molar-refractivity contribution in [1.29, 1.82) is 0 Å². The Bertz CT molecular complexity index is 166. The first kappa shape index (κ1) is 8.20. The van der Waals surface area contributed by atoms with E-state index in [4.69, 9.17) is 4.74 Å². The molecule has 0 spiro atoms. The van der Waals surface area contributed by atoms with E-state index in [0.717, 1.165) is 6.29 Å². The number of carbonyl (C=O) groups excluding carboxylic acids is 2. The van der Waals surface area contributed by atoms with Gasteiger partial charge in [-0.3, -0.25) is 4.79 Å². The van der Waals surface area contributed by atoms with Crippen LogP contribution in [0.5, 0.6) is 0 Å². The zero-order valence-corrected chi connectivity index (χ0v) is 6.28. The molecule has 0 saturated carbocycles. The van der Waals surface area contributed by atoms with Crippen molar-refractivity contribution in [1.82, 2.24) is 0 Å². The van der Waals surface area contributed by atoms with Crippen LogP contribution in [-0.4, -0.2) is 31.6 Å². The molecule has 4 nitrogen and oxygen atoms in total. The fraction of sp³-hybridized carbons (Fsp3) is 0.714. The van der Waals surface area contributed by atoms with Gasteiger partial charge in [0.05, 0.1) is 13.2 Å². The van der Waals surface area contributed by atoms with Crippen LogP contribution in [0.1, 0.15) is 12.8 Å². The summed E-state index contributed by atoms with van der Waals surface area (Å²) in [5.74, 6) is -0.259. The monoisotopic (exact) mass is 158 g/mol. The van der Waals surface area contributed by atoms with E-state index in [1.54, 1.807) is 0 Å². The van der Waals surface area contributed by atoms with Gasteiger partial charge >= 0.3 is 5.97 Å². The van der Waals surface area contributed by atoms with Crippen LogP contribution in [0.3, 0.4) is 0 Å². The lowest BCUT2D eigenvalue weighted by Crippen LogP contribution is -2.03. The highest BCUT2D eigenvalue weighted by atomic mass is 16.6. The third kappa shape index (κ3) is 2.31. The molecule has 1 aliphatic heterocycles. The molecule has 0 unspecified atom stereocenters. The minimum Gasteiger partial charge on any atom is -0.469 e. The van der Waals surface area contributed by atoms with Crippen LogP contribution in [-0.2, 0) is 19.1 Å². The molecule has 4 heteroatoms. The van der Waals surface area contributed by atoms with Crippen LogP contribution < -0.4 is 0 Å². The van der Waals surface area contributed by atoms with Gasteiger partial charge in [0.15, 0.2) is 6.29 Å². The van der Waals surface area contributed by atoms with Gasteiger partial charge in [0.1, 0.15) is 6.10 Å². The van der Waals surface area contributed by atoms with Gasteiger partial charge in [0.25, 0.3) is 0 Å². The summed E-state index contributed by atoms with van der Waals surface area (Å²) in [6.07, 6.45) is 1.33. The number of hydrogen-bond acceptors (Lipinski definition) is 4. The van der Waals surface area contributed by atoms with Crippen LogP contribution in [0.4, 0.5) is 0 Å². The second kappa shape index (κ2) is 3.48. The Morgan fingerprint density at radius 3 is 2.91 bits per heavy atom. The lowest BCUT2D eigenvalue weighted by molar-refractivity contribution is -0.140. The van der Waals surface area contributed by atoms with Crippen molar-refractivity contribution in [3.63, 3.8) is 0 Å². The predicted molar refractivity (Wildman–Crippen MR) is 36.0 cm³/mol. The fourth-order valence-corrected chi connectivity index (χ4v) is 0.871. The molecule has 0 radical (unpaired) electrons. The molecule has 0 aromatic carbocycles. The van der Waals surface area contributed by atoms with E-state index in [0.29, 0.717) is 12.8 Å². The van der Waals surface area contributed by atoms with Gasteiger partial charge in [0.2, 0.25) is 0 Å². The molecule has 1 fully saturated rings. The molecule has 1 rings (SSSR count). The zero-order valence-electron chi connectivity index (χ0n) is 6.28. The van der Waals surface area contributed by atoms with Crippen molar-refractivity contribution in [3.8, 4) is 0 Å². The molecule has 62 valence electrons. The maximum atomic E-state index is 10.6. The lowest BCUT2D eigenvalue weighted by Gasteiger charge is -1.94. The molecule has 0 aromatic rings. The zero-order chi connectivity index (χ0) is 8.27. The largest absolute Gasteiger partial charge is 0.469 e. The average molecular weight is 158 g/mol. The van der Waals surface area contributed by atoms with Crippen LogP contribution >= 0.6 is 0 Å². The molecule has 1 heterocycles. The number of carbonyl (C=O) groups is 2. The van der Waals surface area contributed by atoms with Gasteiger partial charge in [-0.05, 0) is 6.42 Å². The second-order valence-electron chi connectivity index (χ2n) is 2.39. The van der Waals surface area contributed by atoms with E-state index in [9.17, 15) is 9.59 Å². The van der Waals surface area contributed by atoms with Crippen molar-refractivity contribution >= 4 is 12.3 Å². The van der Waals surface area contributed by atoms with Gasteiger partial charge in [-0.2, -0.15) is 0 Å². The summed E-state index contributed by atoms with van der Waals surface area (Å²) in [4.78, 5) is 20.6. The molecule has 1 aliphatic rings. The Morgan fingerprint density at radius 1 is 1.73 bits per heavy atom. The van der Waals surface area contributed by atoms with E-state index in [1.165, 1.54) is 7.11 Å². The highest BCUT2D eigenvalue weighted by Crippen LogP contribution is 2.24. The van der Waals surface area contributed by atoms with Gasteiger partial charge in [-0.1, -0.05) is 0 Å². The molecular formula is C7H10O4. The smallest absolute Gasteiger partial charge is 0.305 e. The highest BCUT2D eigenvalue weighted by Gasteiger charge is 2.38. The molecule has 0 bridgehead atoms. The van der Waals surface area contributed by atoms with Crippen molar-refractivity contribution in [3.05, 3.63) is 0 Å². The number of esters is 1. The topological polar surface area (TPSA) is 55.9 Å². The summed E-state index contributed by atoms with van der Waals surface area (Å²) >= 11 is 0. The van der Waals surface area contributed by atoms with Crippen LogP contribution in [0.25, 0.3) is 0 Å². The molecule has 0 aliphatic carbocycles. The first-order chi connectivity index (χ1) is 5.27. The molecule has 0 aromatic heterocycles. The summed E-state index contributed by atoms with van der Waals surface area (Å²) in [7, 11) is 1.34. The number of epoxide rings is 1. The third-order valence-corrected chi connectivity index (χ3v) is 1.62. The Morgan fingerprint density at radius 2 is 2.45 bits per heavy atom. The Kier molecular flexibility index (Phi) is 2.59. The summed E-state index contributed by atoms with van der Waals surface area (Å²) in [5.41, 5.74) is 0. The van der Waals surface area contributed by atoms with E-state index in [1.807, 2.05) is 0 Å². The number of hydrogen-bond donors (Lipinski definition) is 0. The van der Waals surface area contributed by atoms with Crippen LogP contribution in [0.2, 0.25) is 0 Å². The van der Waals surface area contributed by atoms with Crippen molar-refractivity contribution < 1.29 is 19.1 Å². The molecule has 2 atom stereocenters. The average Bonchev–Trinajstić information content (AvgIpc) is 2.78. The highest BCUT2D eigenvalue weighted by molar-refractivity contribution is 5.69. The summed E-state index contributed by atoms with van der Waals surface area (Å²) in [6.45, 7) is 0. The minimum atomic E-state index is -0.278. The van der Waals surface area contributed by atoms with Gasteiger partial charge in [-0.25, -0.2) is 0 Å². The fourth-order valence-electron chi connectivity index (χ4n) is 0.871. The first-order valence-electron chi connectivity index (χ1n) is 3.45. The van der Waals surface area contributed by atoms with Gasteiger partial charge in [-0.15, -0.1) is 0 Å². The standard InChI is InChI=1S/C7H10O4/c1-10-7(9)3-2-5-6(4-8)11-5/h4-6H,2-3H2,1H3/t5-,6-/m1/s1. The number of aldehydes is 1. The molecule has 11 heavy (non-hydrogen) atoms. The van der Waals surface area contributed by atoms with Gasteiger partial charge in [0, 0.05) is 6.42 Å². The maximum absolute atomic E-state index is 10.6. The van der Waals surface area contributed by atoms with E-state index in [-0.39, 0.29) is 18.2 Å². The van der Waals surface area contributed by atoms with E-state index >= 15 is 0 Å². The van der Waals surface area contributed by atoms with Crippen molar-refractivity contribution in [2.45, 2.75) is 25.0 Å². The number of rotatable bonds is 4. The summed E-state index contributed by atoms with van der Waals surface area (Å²) in [5, 5.41) is 0. The van der Waals surface area contributed by atoms with Gasteiger partial charge < -0.3 is 14.3 Å². The summed E-state index contributed by atoms with van der Waals surface area (Å²) < 4.78 is 9.30. The third-order valence-electron chi connectivity index (χ3n) is 1.62. The van der Waals surface area contributed by atoms with E-state index in [2.05, 4.69) is 4.74 Å². The number of ether oxygens (including phenoxy) is 2. The number of methoxy groups -OCH3 is 1. The summed E-state index contributed by atoms with van der Waals surface area (Å²) in [6, 6.07) is 0. The quantitative estimate of drug-likeness (QED) is 0.326. The van der Waals surface area contributed by atoms with E-state index < -0.39 is 0 Å². The Labute approximate surface area is 64.5 Å². The molecule has 0 N–H and O–H groups in total. The predicted octanol–water partition coefficient (Wildman–Crippen LogP) is -0.0941. The van der Waals surface area contributed by atoms with Crippen molar-refractivity contribution in [2.24, 2.45) is 0 Å². The van der Waals surface area contributed by atoms with Crippen LogP contribution in [0.15, 0.2) is 0 Å². The molecule has 0 amide bonds. The van der Waals surface area contributed by atoms with Crippen LogP contribution in [0, 0.1) is 0 Å². The molecular weight excluding hydrogens is 148 g/mol. The minimum absolute atomic E-state index is 0.0494. The first-order valence-corrected chi connectivity index (χ1v) is 3.45. The second-order valence-corrected chi connectivity index (χ2v) is 2.39. The normalized spacial score (nSPS) is 27.7. The Hall–Kier alpha value is -0.900. The van der Waals surface area contributed by atoms with Crippen molar-refractivity contribution in [2.75, 3.05) is 7.11 Å². The lowest BCUT2D eigenvalue weighted by atomic mass is 10.2. The Balaban J connectivity index is 2.05. The molecule has 1 saturated heterocycles.